The summed E-state index contributed by atoms with van der Waals surface area (Å²) in [7, 11) is 1.58. The molecule has 2 aromatic rings. The molecule has 21 heavy (non-hydrogen) atoms. The van der Waals surface area contributed by atoms with Crippen molar-refractivity contribution in [2.45, 2.75) is 0 Å². The molecule has 0 radical (unpaired) electrons. The van der Waals surface area contributed by atoms with Crippen LogP contribution in [0.3, 0.4) is 0 Å². The lowest BCUT2D eigenvalue weighted by molar-refractivity contribution is 0.0697. The predicted molar refractivity (Wildman–Crippen MR) is 82.6 cm³/mol. The van der Waals surface area contributed by atoms with Crippen LogP contribution in [0.5, 0.6) is 5.75 Å². The number of para-hydroxylation sites is 1. The normalized spacial score (nSPS) is 10.6. The molecule has 0 aliphatic carbocycles. The second kappa shape index (κ2) is 6.76. The molecule has 0 amide bonds. The van der Waals surface area contributed by atoms with Crippen molar-refractivity contribution in [2.75, 3.05) is 12.5 Å². The van der Waals surface area contributed by atoms with Gasteiger partial charge in [-0.05, 0) is 30.3 Å². The van der Waals surface area contributed by atoms with Gasteiger partial charge in [0.15, 0.2) is 0 Å². The zero-order chi connectivity index (χ0) is 15.2. The minimum Gasteiger partial charge on any atom is -0.496 e. The number of methoxy groups -OCH3 is 1. The number of carboxylic acid groups (broad SMARTS) is 1. The first-order valence-corrected chi connectivity index (χ1v) is 6.44. The number of carbonyl (C=O) groups is 1. The summed E-state index contributed by atoms with van der Waals surface area (Å²) in [6.07, 6.45) is 1.59. The van der Waals surface area contributed by atoms with Crippen LogP contribution >= 0.6 is 11.6 Å². The fraction of sp³-hybridized carbons (Fsp3) is 0.0667. The lowest BCUT2D eigenvalue weighted by Crippen LogP contribution is -1.99. The van der Waals surface area contributed by atoms with Gasteiger partial charge in [-0.1, -0.05) is 23.7 Å². The monoisotopic (exact) mass is 304 g/mol. The van der Waals surface area contributed by atoms with Gasteiger partial charge in [0, 0.05) is 5.56 Å². The molecule has 0 atom stereocenters. The zero-order valence-corrected chi connectivity index (χ0v) is 12.0. The minimum atomic E-state index is -1.09. The molecule has 2 aromatic carbocycles. The number of anilines is 1. The summed E-state index contributed by atoms with van der Waals surface area (Å²) < 4.78 is 5.20. The number of hydrogen-bond acceptors (Lipinski definition) is 4. The van der Waals surface area contributed by atoms with Crippen molar-refractivity contribution in [3.63, 3.8) is 0 Å². The predicted octanol–water partition coefficient (Wildman–Crippen LogP) is 3.49. The first-order chi connectivity index (χ1) is 10.1. The number of nitrogens with zero attached hydrogens (tertiary/aromatic N) is 1. The van der Waals surface area contributed by atoms with Crippen LogP contribution in [-0.2, 0) is 0 Å². The van der Waals surface area contributed by atoms with Crippen LogP contribution in [0.25, 0.3) is 0 Å². The SMILES string of the molecule is COc1ccccc1C=NNc1ccc(Cl)c(C(=O)O)c1. The maximum atomic E-state index is 11.0. The van der Waals surface area contributed by atoms with Crippen LogP contribution in [0.15, 0.2) is 47.6 Å². The van der Waals surface area contributed by atoms with Crippen LogP contribution in [0.4, 0.5) is 5.69 Å². The Morgan fingerprint density at radius 1 is 1.33 bits per heavy atom. The summed E-state index contributed by atoms with van der Waals surface area (Å²) in [5.74, 6) is -0.386. The Kier molecular flexibility index (Phi) is 4.79. The second-order valence-corrected chi connectivity index (χ2v) is 4.52. The highest BCUT2D eigenvalue weighted by Crippen LogP contribution is 2.21. The number of hydrogen-bond donors (Lipinski definition) is 2. The number of carboxylic acids is 1. The zero-order valence-electron chi connectivity index (χ0n) is 11.2. The number of benzene rings is 2. The van der Waals surface area contributed by atoms with Gasteiger partial charge in [-0.2, -0.15) is 5.10 Å². The summed E-state index contributed by atoms with van der Waals surface area (Å²) >= 11 is 5.80. The quantitative estimate of drug-likeness (QED) is 0.655. The maximum absolute atomic E-state index is 11.0. The molecule has 0 saturated carbocycles. The summed E-state index contributed by atoms with van der Waals surface area (Å²) in [6.45, 7) is 0. The molecule has 2 rings (SSSR count). The molecule has 0 aliphatic rings. The van der Waals surface area contributed by atoms with E-state index in [1.807, 2.05) is 24.3 Å². The Balaban J connectivity index is 2.14. The molecule has 108 valence electrons. The van der Waals surface area contributed by atoms with E-state index in [0.29, 0.717) is 11.4 Å². The number of rotatable bonds is 5. The summed E-state index contributed by atoms with van der Waals surface area (Å²) in [5, 5.41) is 13.2. The molecule has 0 unspecified atom stereocenters. The van der Waals surface area contributed by atoms with Crippen LogP contribution in [0.2, 0.25) is 5.02 Å². The van der Waals surface area contributed by atoms with Crippen molar-refractivity contribution in [3.8, 4) is 5.75 Å². The Bertz CT molecular complexity index is 686. The third-order valence-electron chi connectivity index (χ3n) is 2.73. The van der Waals surface area contributed by atoms with Crippen LogP contribution in [-0.4, -0.2) is 24.4 Å². The highest BCUT2D eigenvalue weighted by atomic mass is 35.5. The lowest BCUT2D eigenvalue weighted by Gasteiger charge is -2.05. The van der Waals surface area contributed by atoms with Gasteiger partial charge in [0.25, 0.3) is 0 Å². The first-order valence-electron chi connectivity index (χ1n) is 6.06. The van der Waals surface area contributed by atoms with Crippen molar-refractivity contribution in [2.24, 2.45) is 5.10 Å². The van der Waals surface area contributed by atoms with E-state index in [0.717, 1.165) is 5.56 Å². The first kappa shape index (κ1) is 14.9. The number of aromatic carboxylic acids is 1. The maximum Gasteiger partial charge on any atom is 0.337 e. The molecule has 0 heterocycles. The molecular formula is C15H13ClN2O3. The van der Waals surface area contributed by atoms with E-state index in [4.69, 9.17) is 21.4 Å². The molecule has 0 saturated heterocycles. The largest absolute Gasteiger partial charge is 0.496 e. The number of nitrogens with one attached hydrogen (secondary N) is 1. The molecule has 0 bridgehead atoms. The minimum absolute atomic E-state index is 0.0224. The van der Waals surface area contributed by atoms with Gasteiger partial charge < -0.3 is 9.84 Å². The fourth-order valence-electron chi connectivity index (χ4n) is 1.71. The standard InChI is InChI=1S/C15H13ClN2O3/c1-21-14-5-3-2-4-10(14)9-17-18-11-6-7-13(16)12(8-11)15(19)20/h2-9,18H,1H3,(H,19,20). The van der Waals surface area contributed by atoms with E-state index >= 15 is 0 Å². The smallest absolute Gasteiger partial charge is 0.337 e. The summed E-state index contributed by atoms with van der Waals surface area (Å²) in [6, 6.07) is 12.0. The molecule has 0 spiro atoms. The van der Waals surface area contributed by atoms with Crippen LogP contribution in [0, 0.1) is 0 Å². The van der Waals surface area contributed by atoms with E-state index < -0.39 is 5.97 Å². The van der Waals surface area contributed by atoms with Gasteiger partial charge in [0.2, 0.25) is 0 Å². The van der Waals surface area contributed by atoms with E-state index in [-0.39, 0.29) is 10.6 Å². The fourth-order valence-corrected chi connectivity index (χ4v) is 1.91. The van der Waals surface area contributed by atoms with Gasteiger partial charge in [-0.15, -0.1) is 0 Å². The van der Waals surface area contributed by atoms with E-state index in [1.54, 1.807) is 19.4 Å². The molecule has 6 heteroatoms. The highest BCUT2D eigenvalue weighted by Gasteiger charge is 2.08. The van der Waals surface area contributed by atoms with Gasteiger partial charge in [-0.25, -0.2) is 4.79 Å². The van der Waals surface area contributed by atoms with Crippen molar-refractivity contribution in [3.05, 3.63) is 58.6 Å². The average molecular weight is 305 g/mol. The number of ether oxygens (including phenoxy) is 1. The van der Waals surface area contributed by atoms with E-state index in [1.165, 1.54) is 12.1 Å². The Morgan fingerprint density at radius 2 is 2.10 bits per heavy atom. The van der Waals surface area contributed by atoms with Crippen LogP contribution in [0.1, 0.15) is 15.9 Å². The molecule has 5 nitrogen and oxygen atoms in total. The highest BCUT2D eigenvalue weighted by molar-refractivity contribution is 6.33. The van der Waals surface area contributed by atoms with Gasteiger partial charge in [0.05, 0.1) is 29.6 Å². The third-order valence-corrected chi connectivity index (χ3v) is 3.06. The van der Waals surface area contributed by atoms with Gasteiger partial charge >= 0.3 is 5.97 Å². The molecule has 2 N–H and O–H groups in total. The second-order valence-electron chi connectivity index (χ2n) is 4.11. The summed E-state index contributed by atoms with van der Waals surface area (Å²) in [5.41, 5.74) is 4.12. The van der Waals surface area contributed by atoms with Gasteiger partial charge in [0.1, 0.15) is 5.75 Å². The third kappa shape index (κ3) is 3.73. The Hall–Kier alpha value is -2.53. The molecule has 0 aromatic heterocycles. The number of hydrazone groups is 1. The summed E-state index contributed by atoms with van der Waals surface area (Å²) in [4.78, 5) is 11.0. The van der Waals surface area contributed by atoms with Crippen molar-refractivity contribution in [1.82, 2.24) is 0 Å². The van der Waals surface area contributed by atoms with Gasteiger partial charge in [-0.3, -0.25) is 5.43 Å². The van der Waals surface area contributed by atoms with Crippen molar-refractivity contribution < 1.29 is 14.6 Å². The lowest BCUT2D eigenvalue weighted by atomic mass is 10.2. The molecule has 0 aliphatic heterocycles. The molecular weight excluding hydrogens is 292 g/mol. The van der Waals surface area contributed by atoms with E-state index in [2.05, 4.69) is 10.5 Å². The van der Waals surface area contributed by atoms with Crippen molar-refractivity contribution in [1.29, 1.82) is 0 Å². The average Bonchev–Trinajstić information content (AvgIpc) is 2.49. The van der Waals surface area contributed by atoms with E-state index in [9.17, 15) is 4.79 Å². The topological polar surface area (TPSA) is 70.9 Å². The number of halogens is 1. The van der Waals surface area contributed by atoms with Crippen LogP contribution < -0.4 is 10.2 Å². The molecule has 0 fully saturated rings. The Labute approximate surface area is 126 Å². The Morgan fingerprint density at radius 3 is 2.81 bits per heavy atom. The van der Waals surface area contributed by atoms with Crippen molar-refractivity contribution >= 4 is 29.5 Å².